The van der Waals surface area contributed by atoms with Crippen molar-refractivity contribution < 1.29 is 4.11 Å². The van der Waals surface area contributed by atoms with Gasteiger partial charge in [-0.1, -0.05) is 0 Å². The maximum Gasteiger partial charge on any atom is 0.210 e. The molecule has 1 aliphatic rings. The molecule has 0 saturated carbocycles. The van der Waals surface area contributed by atoms with Crippen molar-refractivity contribution in [3.05, 3.63) is 25.0 Å². The quantitative estimate of drug-likeness (QED) is 0.627. The van der Waals surface area contributed by atoms with E-state index in [4.69, 9.17) is 4.11 Å². The molecule has 74 valence electrons. The third-order valence-corrected chi connectivity index (χ3v) is 2.09. The Bertz CT molecular complexity index is 384. The molecule has 0 N–H and O–H groups in total. The second kappa shape index (κ2) is 2.87. The van der Waals surface area contributed by atoms with Gasteiger partial charge in [-0.15, -0.1) is 0 Å². The summed E-state index contributed by atoms with van der Waals surface area (Å²) >= 11 is 0. The smallest absolute Gasteiger partial charge is 0.210 e. The zero-order chi connectivity index (χ0) is 12.8. The molecule has 0 saturated heterocycles. The summed E-state index contributed by atoms with van der Waals surface area (Å²) in [5, 5.41) is 0. The van der Waals surface area contributed by atoms with Crippen molar-refractivity contribution in [1.82, 2.24) is 4.98 Å². The fourth-order valence-corrected chi connectivity index (χ4v) is 1.45. The van der Waals surface area contributed by atoms with E-state index in [0.29, 0.717) is 5.82 Å². The lowest BCUT2D eigenvalue weighted by Crippen LogP contribution is -2.39. The molecule has 0 aromatic carbocycles. The highest BCUT2D eigenvalue weighted by Gasteiger charge is 2.33. The standard InChI is InChI=1S/C11H15N3/c1-11(2,3)14-8-13(4)10-9(14)6-5-7-12-10/h5-7H,1-4H3/i4D3. The molecule has 0 atom stereocenters. The van der Waals surface area contributed by atoms with Crippen molar-refractivity contribution in [2.24, 2.45) is 0 Å². The van der Waals surface area contributed by atoms with Gasteiger partial charge in [0.2, 0.25) is 6.67 Å². The molecule has 14 heavy (non-hydrogen) atoms. The van der Waals surface area contributed by atoms with E-state index in [-0.39, 0.29) is 5.54 Å². The summed E-state index contributed by atoms with van der Waals surface area (Å²) in [6.45, 7) is 6.62. The minimum absolute atomic E-state index is 0.238. The Hall–Kier alpha value is -1.25. The number of hydrogen-bond acceptors (Lipinski definition) is 3. The monoisotopic (exact) mass is 192 g/mol. The van der Waals surface area contributed by atoms with E-state index in [1.807, 2.05) is 31.7 Å². The van der Waals surface area contributed by atoms with Gasteiger partial charge in [0, 0.05) is 22.8 Å². The Labute approximate surface area is 89.6 Å². The van der Waals surface area contributed by atoms with Crippen LogP contribution >= 0.6 is 0 Å². The van der Waals surface area contributed by atoms with E-state index < -0.39 is 6.98 Å². The van der Waals surface area contributed by atoms with Crippen LogP contribution in [0.25, 0.3) is 0 Å². The van der Waals surface area contributed by atoms with Crippen molar-refractivity contribution in [1.29, 1.82) is 0 Å². The molecule has 1 aromatic rings. The molecule has 0 amide bonds. The van der Waals surface area contributed by atoms with Gasteiger partial charge in [-0.05, 0) is 32.9 Å². The fraction of sp³-hybridized carbons (Fsp3) is 0.455. The van der Waals surface area contributed by atoms with Crippen molar-refractivity contribution in [2.45, 2.75) is 26.3 Å². The van der Waals surface area contributed by atoms with E-state index in [1.54, 1.807) is 12.3 Å². The number of anilines is 2. The lowest BCUT2D eigenvalue weighted by molar-refractivity contribution is 0.541. The van der Waals surface area contributed by atoms with Crippen molar-refractivity contribution >= 4 is 11.5 Å². The molecule has 1 aliphatic heterocycles. The zero-order valence-electron chi connectivity index (χ0n) is 11.6. The Morgan fingerprint density at radius 3 is 2.93 bits per heavy atom. The van der Waals surface area contributed by atoms with Gasteiger partial charge in [-0.3, -0.25) is 0 Å². The van der Waals surface area contributed by atoms with Crippen molar-refractivity contribution in [3.8, 4) is 0 Å². The van der Waals surface area contributed by atoms with Gasteiger partial charge < -0.3 is 9.80 Å². The van der Waals surface area contributed by atoms with Crippen LogP contribution in [0.3, 0.4) is 0 Å². The Kier molecular flexibility index (Phi) is 1.29. The molecule has 0 spiro atoms. The highest BCUT2D eigenvalue weighted by Crippen LogP contribution is 2.38. The van der Waals surface area contributed by atoms with E-state index in [1.165, 1.54) is 0 Å². The van der Waals surface area contributed by atoms with Crippen LogP contribution in [0.2, 0.25) is 0 Å². The number of hydrogen-bond donors (Lipinski definition) is 0. The Morgan fingerprint density at radius 1 is 1.50 bits per heavy atom. The highest BCUT2D eigenvalue weighted by molar-refractivity contribution is 5.75. The van der Waals surface area contributed by atoms with Crippen LogP contribution < -0.4 is 9.80 Å². The minimum atomic E-state index is -2.26. The molecular weight excluding hydrogens is 174 g/mol. The van der Waals surface area contributed by atoms with Crippen LogP contribution in [0.15, 0.2) is 18.3 Å². The lowest BCUT2D eigenvalue weighted by atomic mass is 10.1. The topological polar surface area (TPSA) is 19.4 Å². The molecule has 3 nitrogen and oxygen atoms in total. The summed E-state index contributed by atoms with van der Waals surface area (Å²) in [5.41, 5.74) is 0.536. The Balaban J connectivity index is 2.47. The number of rotatable bonds is 0. The average molecular weight is 192 g/mol. The first kappa shape index (κ1) is 6.27. The summed E-state index contributed by atoms with van der Waals surface area (Å²) in [6, 6.07) is 3.65. The maximum absolute atomic E-state index is 7.48. The van der Waals surface area contributed by atoms with Crippen LogP contribution in [0.1, 0.15) is 24.9 Å². The first-order valence-electron chi connectivity index (χ1n) is 6.03. The molecule has 2 radical (unpaired) electrons. The van der Waals surface area contributed by atoms with Gasteiger partial charge in [-0.25, -0.2) is 4.98 Å². The number of fused-ring (bicyclic) bond motifs is 1. The molecule has 1 aromatic heterocycles. The number of aromatic nitrogens is 1. The van der Waals surface area contributed by atoms with Gasteiger partial charge in [-0.2, -0.15) is 0 Å². The van der Waals surface area contributed by atoms with Crippen LogP contribution in [0.4, 0.5) is 11.5 Å². The van der Waals surface area contributed by atoms with E-state index >= 15 is 0 Å². The van der Waals surface area contributed by atoms with Crippen LogP contribution in [-0.2, 0) is 0 Å². The maximum atomic E-state index is 7.48. The number of pyridine rings is 1. The highest BCUT2D eigenvalue weighted by atomic mass is 15.4. The second-order valence-corrected chi connectivity index (χ2v) is 4.29. The Morgan fingerprint density at radius 2 is 2.29 bits per heavy atom. The van der Waals surface area contributed by atoms with Gasteiger partial charge >= 0.3 is 0 Å². The summed E-state index contributed by atoms with van der Waals surface area (Å²) < 4.78 is 22.5. The molecule has 2 rings (SSSR count). The minimum Gasteiger partial charge on any atom is -0.333 e. The van der Waals surface area contributed by atoms with Crippen molar-refractivity contribution in [2.75, 3.05) is 16.8 Å². The average Bonchev–Trinajstić information content (AvgIpc) is 2.55. The van der Waals surface area contributed by atoms with Crippen LogP contribution in [-0.4, -0.2) is 17.5 Å². The third-order valence-electron chi connectivity index (χ3n) is 2.09. The van der Waals surface area contributed by atoms with Gasteiger partial charge in [0.1, 0.15) is 0 Å². The van der Waals surface area contributed by atoms with Crippen molar-refractivity contribution in [3.63, 3.8) is 0 Å². The lowest BCUT2D eigenvalue weighted by Gasteiger charge is -2.32. The van der Waals surface area contributed by atoms with Gasteiger partial charge in [0.15, 0.2) is 5.82 Å². The van der Waals surface area contributed by atoms with E-state index in [0.717, 1.165) is 10.6 Å². The molecular formula is C11H15N3. The fourth-order valence-electron chi connectivity index (χ4n) is 1.45. The van der Waals surface area contributed by atoms with E-state index in [2.05, 4.69) is 11.7 Å². The normalized spacial score (nSPS) is 20.1. The predicted molar refractivity (Wildman–Crippen MR) is 58.1 cm³/mol. The van der Waals surface area contributed by atoms with Crippen LogP contribution in [0, 0.1) is 6.67 Å². The molecule has 3 heteroatoms. The molecule has 0 fully saturated rings. The van der Waals surface area contributed by atoms with Gasteiger partial charge in [0.05, 0.1) is 5.69 Å². The SMILES string of the molecule is [2H]C([2H])([2H])N1[C]N(C(C)(C)C)c2cccnc21. The van der Waals surface area contributed by atoms with Crippen LogP contribution in [0.5, 0.6) is 0 Å². The third kappa shape index (κ3) is 1.33. The van der Waals surface area contributed by atoms with Gasteiger partial charge in [0.25, 0.3) is 0 Å². The summed E-state index contributed by atoms with van der Waals surface area (Å²) in [7, 11) is 0. The summed E-state index contributed by atoms with van der Waals surface area (Å²) in [6.07, 6.45) is 1.59. The zero-order valence-corrected chi connectivity index (χ0v) is 8.57. The molecule has 0 unspecified atom stereocenters. The summed E-state index contributed by atoms with van der Waals surface area (Å²) in [5.74, 6) is 0.433. The number of nitrogens with zero attached hydrogens (tertiary/aromatic N) is 3. The predicted octanol–water partition coefficient (Wildman–Crippen LogP) is 2.13. The first-order valence-corrected chi connectivity index (χ1v) is 4.53. The van der Waals surface area contributed by atoms with E-state index in [9.17, 15) is 0 Å². The molecule has 0 aliphatic carbocycles. The molecule has 0 bridgehead atoms. The largest absolute Gasteiger partial charge is 0.333 e. The first-order chi connectivity index (χ1) is 7.71. The molecule has 2 heterocycles. The second-order valence-electron chi connectivity index (χ2n) is 4.29. The summed E-state index contributed by atoms with van der Waals surface area (Å²) in [4.78, 5) is 7.06.